The minimum Gasteiger partial charge on any atom is -0.480 e. The van der Waals surface area contributed by atoms with Crippen molar-refractivity contribution in [3.63, 3.8) is 0 Å². The van der Waals surface area contributed by atoms with E-state index in [1.165, 1.54) is 21.1 Å². The van der Waals surface area contributed by atoms with E-state index in [0.29, 0.717) is 12.8 Å². The van der Waals surface area contributed by atoms with Gasteiger partial charge in [0.25, 0.3) is 0 Å². The van der Waals surface area contributed by atoms with E-state index in [0.717, 1.165) is 4.31 Å². The summed E-state index contributed by atoms with van der Waals surface area (Å²) < 4.78 is 29.6. The maximum absolute atomic E-state index is 12.1. The molecule has 0 aliphatic heterocycles. The number of hydrogen-bond donors (Lipinski definition) is 1. The zero-order valence-electron chi connectivity index (χ0n) is 11.2. The Morgan fingerprint density at radius 3 is 2.32 bits per heavy atom. The lowest BCUT2D eigenvalue weighted by molar-refractivity contribution is -0.142. The van der Waals surface area contributed by atoms with Crippen molar-refractivity contribution in [1.82, 2.24) is 4.31 Å². The van der Waals surface area contributed by atoms with E-state index in [1.807, 2.05) is 0 Å². The quantitative estimate of drug-likeness (QED) is 0.666. The number of nitrogens with zero attached hydrogens (tertiary/aromatic N) is 1. The summed E-state index contributed by atoms with van der Waals surface area (Å²) in [5.41, 5.74) is -0.585. The van der Waals surface area contributed by atoms with Gasteiger partial charge in [0.15, 0.2) is 0 Å². The van der Waals surface area contributed by atoms with Crippen LogP contribution in [0.1, 0.15) is 26.2 Å². The van der Waals surface area contributed by atoms with Gasteiger partial charge in [0, 0.05) is 7.05 Å². The number of carbonyl (C=O) groups is 2. The smallest absolute Gasteiger partial charge is 0.321 e. The number of hydrogen-bond acceptors (Lipinski definition) is 5. The van der Waals surface area contributed by atoms with Crippen LogP contribution < -0.4 is 0 Å². The highest BCUT2D eigenvalue weighted by molar-refractivity contribution is 7.89. The molecule has 1 saturated carbocycles. The van der Waals surface area contributed by atoms with Crippen LogP contribution in [-0.2, 0) is 24.3 Å². The molecule has 1 unspecified atom stereocenters. The number of carboxylic acids is 1. The number of esters is 1. The first-order valence-electron chi connectivity index (χ1n) is 5.89. The highest BCUT2D eigenvalue weighted by Crippen LogP contribution is 2.50. The average molecular weight is 293 g/mol. The Morgan fingerprint density at radius 2 is 1.95 bits per heavy atom. The van der Waals surface area contributed by atoms with Gasteiger partial charge in [0.05, 0.1) is 19.3 Å². The van der Waals surface area contributed by atoms with Crippen LogP contribution in [0.2, 0.25) is 0 Å². The van der Waals surface area contributed by atoms with Gasteiger partial charge in [0.1, 0.15) is 6.04 Å². The fraction of sp³-hybridized carbons (Fsp3) is 0.818. The Bertz CT molecular complexity index is 468. The third-order valence-corrected chi connectivity index (χ3v) is 5.71. The van der Waals surface area contributed by atoms with Crippen molar-refractivity contribution >= 4 is 22.0 Å². The predicted octanol–water partition coefficient (Wildman–Crippen LogP) is 0.0644. The number of aliphatic carboxylic acids is 1. The lowest BCUT2D eigenvalue weighted by Crippen LogP contribution is -2.43. The van der Waals surface area contributed by atoms with Crippen molar-refractivity contribution in [1.29, 1.82) is 0 Å². The number of ether oxygens (including phenoxy) is 1. The lowest BCUT2D eigenvalue weighted by Gasteiger charge is -2.23. The molecular weight excluding hydrogens is 274 g/mol. The van der Waals surface area contributed by atoms with Crippen molar-refractivity contribution in [3.8, 4) is 0 Å². The van der Waals surface area contributed by atoms with Crippen LogP contribution in [-0.4, -0.2) is 55.7 Å². The molecule has 0 amide bonds. The van der Waals surface area contributed by atoms with Gasteiger partial charge in [-0.3, -0.25) is 9.59 Å². The second-order valence-corrected chi connectivity index (χ2v) is 7.07. The van der Waals surface area contributed by atoms with Crippen LogP contribution in [0.5, 0.6) is 0 Å². The molecule has 1 aliphatic carbocycles. The molecule has 110 valence electrons. The lowest BCUT2D eigenvalue weighted by atomic mass is 10.1. The number of methoxy groups -OCH3 is 1. The standard InChI is InChI=1S/C11H19NO6S/c1-8(10(14)15)12(2)19(16,17)7-11(4-5-11)6-9(13)18-3/h8H,4-7H2,1-3H3,(H,14,15). The summed E-state index contributed by atoms with van der Waals surface area (Å²) in [6, 6.07) is -1.13. The molecule has 1 aliphatic rings. The molecule has 8 heteroatoms. The zero-order valence-corrected chi connectivity index (χ0v) is 12.1. The van der Waals surface area contributed by atoms with Crippen LogP contribution in [0.4, 0.5) is 0 Å². The number of carboxylic acid groups (broad SMARTS) is 1. The first-order chi connectivity index (χ1) is 8.63. The normalized spacial score (nSPS) is 18.9. The third kappa shape index (κ3) is 3.90. The van der Waals surface area contributed by atoms with Crippen LogP contribution in [0.3, 0.4) is 0 Å². The van der Waals surface area contributed by atoms with E-state index in [1.54, 1.807) is 0 Å². The molecule has 0 aromatic rings. The fourth-order valence-corrected chi connectivity index (χ4v) is 3.75. The molecule has 0 saturated heterocycles. The predicted molar refractivity (Wildman–Crippen MR) is 66.9 cm³/mol. The van der Waals surface area contributed by atoms with E-state index < -0.39 is 33.4 Å². The number of likely N-dealkylation sites (N-methyl/N-ethyl adjacent to an activating group) is 1. The van der Waals surface area contributed by atoms with Gasteiger partial charge in [-0.05, 0) is 25.2 Å². The van der Waals surface area contributed by atoms with Gasteiger partial charge in [-0.15, -0.1) is 0 Å². The summed E-state index contributed by atoms with van der Waals surface area (Å²) >= 11 is 0. The zero-order chi connectivity index (χ0) is 14.8. The molecule has 0 aromatic heterocycles. The van der Waals surface area contributed by atoms with Gasteiger partial charge in [-0.25, -0.2) is 8.42 Å². The SMILES string of the molecule is COC(=O)CC1(CS(=O)(=O)N(C)C(C)C(=O)O)CC1. The summed E-state index contributed by atoms with van der Waals surface area (Å²) in [6.07, 6.45) is 1.32. The van der Waals surface area contributed by atoms with Crippen molar-refractivity contribution in [2.75, 3.05) is 19.9 Å². The molecule has 7 nitrogen and oxygen atoms in total. The van der Waals surface area contributed by atoms with Gasteiger partial charge < -0.3 is 9.84 Å². The second kappa shape index (κ2) is 5.46. The maximum Gasteiger partial charge on any atom is 0.321 e. The van der Waals surface area contributed by atoms with E-state index in [9.17, 15) is 18.0 Å². The number of rotatable bonds is 7. The highest BCUT2D eigenvalue weighted by Gasteiger charge is 2.49. The molecule has 0 spiro atoms. The summed E-state index contributed by atoms with van der Waals surface area (Å²) in [4.78, 5) is 22.1. The Morgan fingerprint density at radius 1 is 1.42 bits per heavy atom. The van der Waals surface area contributed by atoms with Gasteiger partial charge in [-0.2, -0.15) is 4.31 Å². The monoisotopic (exact) mass is 293 g/mol. The van der Waals surface area contributed by atoms with Crippen molar-refractivity contribution < 1.29 is 27.9 Å². The van der Waals surface area contributed by atoms with Gasteiger partial charge >= 0.3 is 11.9 Å². The van der Waals surface area contributed by atoms with E-state index >= 15 is 0 Å². The molecule has 0 heterocycles. The highest BCUT2D eigenvalue weighted by atomic mass is 32.2. The van der Waals surface area contributed by atoms with Gasteiger partial charge in [-0.1, -0.05) is 0 Å². The topological polar surface area (TPSA) is 101 Å². The number of sulfonamides is 1. The Kier molecular flexibility index (Phi) is 4.57. The van der Waals surface area contributed by atoms with Gasteiger partial charge in [0.2, 0.25) is 10.0 Å². The van der Waals surface area contributed by atoms with Crippen molar-refractivity contribution in [2.45, 2.75) is 32.2 Å². The van der Waals surface area contributed by atoms with Crippen LogP contribution >= 0.6 is 0 Å². The first-order valence-corrected chi connectivity index (χ1v) is 7.50. The molecule has 1 atom stereocenters. The average Bonchev–Trinajstić information content (AvgIpc) is 3.05. The Labute approximate surface area is 112 Å². The molecule has 1 fully saturated rings. The van der Waals surface area contributed by atoms with E-state index in [4.69, 9.17) is 5.11 Å². The van der Waals surface area contributed by atoms with Crippen LogP contribution in [0.15, 0.2) is 0 Å². The summed E-state index contributed by atoms with van der Waals surface area (Å²) in [7, 11) is -1.21. The summed E-state index contributed by atoms with van der Waals surface area (Å²) in [5.74, 6) is -1.87. The molecule has 0 radical (unpaired) electrons. The van der Waals surface area contributed by atoms with E-state index in [2.05, 4.69) is 4.74 Å². The van der Waals surface area contributed by atoms with Crippen LogP contribution in [0, 0.1) is 5.41 Å². The number of carbonyl (C=O) groups excluding carboxylic acids is 1. The summed E-state index contributed by atoms with van der Waals surface area (Å²) in [6.45, 7) is 1.31. The summed E-state index contributed by atoms with van der Waals surface area (Å²) in [5, 5.41) is 8.83. The largest absolute Gasteiger partial charge is 0.480 e. The first kappa shape index (κ1) is 15.9. The van der Waals surface area contributed by atoms with Crippen molar-refractivity contribution in [3.05, 3.63) is 0 Å². The molecule has 1 N–H and O–H groups in total. The second-order valence-electron chi connectivity index (χ2n) is 5.04. The Balaban J connectivity index is 2.75. The molecule has 0 aromatic carbocycles. The van der Waals surface area contributed by atoms with Crippen molar-refractivity contribution in [2.24, 2.45) is 5.41 Å². The third-order valence-electron chi connectivity index (χ3n) is 3.53. The maximum atomic E-state index is 12.1. The van der Waals surface area contributed by atoms with E-state index in [-0.39, 0.29) is 12.2 Å². The Hall–Kier alpha value is -1.15. The molecule has 0 bridgehead atoms. The molecule has 1 rings (SSSR count). The molecular formula is C11H19NO6S. The minimum atomic E-state index is -3.71. The minimum absolute atomic E-state index is 0.0536. The van der Waals surface area contributed by atoms with Crippen LogP contribution in [0.25, 0.3) is 0 Å². The fourth-order valence-electron chi connectivity index (χ4n) is 1.81. The molecule has 19 heavy (non-hydrogen) atoms.